The minimum atomic E-state index is -0.272. The molecule has 0 radical (unpaired) electrons. The second-order valence-electron chi connectivity index (χ2n) is 6.40. The van der Waals surface area contributed by atoms with Crippen LogP contribution in [-0.4, -0.2) is 33.8 Å². The summed E-state index contributed by atoms with van der Waals surface area (Å²) >= 11 is 0. The molecular formula is C21H21N3O4. The first-order chi connectivity index (χ1) is 13.5. The summed E-state index contributed by atoms with van der Waals surface area (Å²) in [6.45, 7) is 3.49. The molecule has 1 amide bonds. The molecule has 28 heavy (non-hydrogen) atoms. The third-order valence-electron chi connectivity index (χ3n) is 4.42. The summed E-state index contributed by atoms with van der Waals surface area (Å²) in [6.07, 6.45) is 1.69. The van der Waals surface area contributed by atoms with Crippen molar-refractivity contribution >= 4 is 11.7 Å². The first-order valence-electron chi connectivity index (χ1n) is 8.83. The average molecular weight is 379 g/mol. The van der Waals surface area contributed by atoms with Gasteiger partial charge in [0.25, 0.3) is 5.91 Å². The number of hydrogen-bond acceptors (Lipinski definition) is 6. The van der Waals surface area contributed by atoms with Crippen LogP contribution in [0, 0.1) is 0 Å². The van der Waals surface area contributed by atoms with Gasteiger partial charge in [0.2, 0.25) is 0 Å². The molecule has 0 aliphatic carbocycles. The Bertz CT molecular complexity index is 969. The monoisotopic (exact) mass is 379 g/mol. The maximum atomic E-state index is 12.7. The Morgan fingerprint density at radius 1 is 1.18 bits per heavy atom. The summed E-state index contributed by atoms with van der Waals surface area (Å²) in [5.41, 5.74) is 1.55. The van der Waals surface area contributed by atoms with Crippen molar-refractivity contribution in [3.8, 4) is 5.75 Å². The highest BCUT2D eigenvalue weighted by atomic mass is 16.5. The number of hydrogen-bond donors (Lipinski definition) is 0. The highest BCUT2D eigenvalue weighted by Crippen LogP contribution is 2.20. The zero-order valence-corrected chi connectivity index (χ0v) is 16.0. The van der Waals surface area contributed by atoms with E-state index in [1.165, 1.54) is 6.92 Å². The Morgan fingerprint density at radius 3 is 2.71 bits per heavy atom. The van der Waals surface area contributed by atoms with Crippen LogP contribution in [0.4, 0.5) is 0 Å². The number of Topliss-reactive ketones (excluding diaryl/α,β-unsaturated/α-hetero) is 1. The Kier molecular flexibility index (Phi) is 5.84. The van der Waals surface area contributed by atoms with Crippen molar-refractivity contribution in [3.05, 3.63) is 77.4 Å². The number of pyridine rings is 1. The van der Waals surface area contributed by atoms with E-state index in [4.69, 9.17) is 9.26 Å². The molecule has 0 fully saturated rings. The Hall–Kier alpha value is -3.48. The van der Waals surface area contributed by atoms with Crippen LogP contribution in [-0.2, 0) is 6.61 Å². The van der Waals surface area contributed by atoms with Gasteiger partial charge < -0.3 is 14.2 Å². The Balaban J connectivity index is 1.64. The summed E-state index contributed by atoms with van der Waals surface area (Å²) in [4.78, 5) is 29.9. The van der Waals surface area contributed by atoms with Crippen LogP contribution in [0.1, 0.15) is 52.2 Å². The highest BCUT2D eigenvalue weighted by Gasteiger charge is 2.23. The van der Waals surface area contributed by atoms with E-state index in [2.05, 4.69) is 10.1 Å². The van der Waals surface area contributed by atoms with Crippen LogP contribution in [0.3, 0.4) is 0 Å². The van der Waals surface area contributed by atoms with Gasteiger partial charge in [0, 0.05) is 24.9 Å². The number of benzene rings is 1. The lowest BCUT2D eigenvalue weighted by molar-refractivity contribution is 0.0728. The van der Waals surface area contributed by atoms with E-state index in [1.54, 1.807) is 48.5 Å². The topological polar surface area (TPSA) is 85.5 Å². The molecule has 2 aromatic heterocycles. The van der Waals surface area contributed by atoms with Crippen LogP contribution in [0.25, 0.3) is 0 Å². The highest BCUT2D eigenvalue weighted by molar-refractivity contribution is 5.94. The van der Waals surface area contributed by atoms with Crippen LogP contribution in [0.5, 0.6) is 5.75 Å². The van der Waals surface area contributed by atoms with Crippen molar-refractivity contribution in [1.82, 2.24) is 15.0 Å². The molecule has 0 saturated carbocycles. The Labute approximate surface area is 162 Å². The predicted octanol–water partition coefficient (Wildman–Crippen LogP) is 3.68. The van der Waals surface area contributed by atoms with Crippen LogP contribution in [0.2, 0.25) is 0 Å². The van der Waals surface area contributed by atoms with Crippen molar-refractivity contribution in [2.24, 2.45) is 0 Å². The fourth-order valence-electron chi connectivity index (χ4n) is 2.62. The second kappa shape index (κ2) is 8.47. The second-order valence-corrected chi connectivity index (χ2v) is 6.40. The number of carbonyl (C=O) groups is 2. The summed E-state index contributed by atoms with van der Waals surface area (Å²) < 4.78 is 10.8. The van der Waals surface area contributed by atoms with E-state index in [9.17, 15) is 9.59 Å². The quantitative estimate of drug-likeness (QED) is 0.582. The molecule has 3 rings (SSSR count). The van der Waals surface area contributed by atoms with Crippen molar-refractivity contribution in [2.45, 2.75) is 26.5 Å². The largest absolute Gasteiger partial charge is 0.486 e. The van der Waals surface area contributed by atoms with Gasteiger partial charge in [0.05, 0.1) is 11.7 Å². The molecule has 0 saturated heterocycles. The van der Waals surface area contributed by atoms with Gasteiger partial charge in [-0.1, -0.05) is 23.4 Å². The third kappa shape index (κ3) is 4.43. The lowest BCUT2D eigenvalue weighted by Gasteiger charge is -2.23. The van der Waals surface area contributed by atoms with E-state index in [-0.39, 0.29) is 30.0 Å². The van der Waals surface area contributed by atoms with Crippen molar-refractivity contribution < 1.29 is 18.8 Å². The molecule has 0 spiro atoms. The van der Waals surface area contributed by atoms with Gasteiger partial charge in [-0.25, -0.2) is 0 Å². The number of rotatable bonds is 7. The minimum absolute atomic E-state index is 0.0388. The molecule has 0 unspecified atom stereocenters. The molecular weight excluding hydrogens is 358 g/mol. The van der Waals surface area contributed by atoms with Gasteiger partial charge in [-0.3, -0.25) is 14.6 Å². The molecule has 0 aliphatic rings. The van der Waals surface area contributed by atoms with E-state index >= 15 is 0 Å². The maximum Gasteiger partial charge on any atom is 0.276 e. The summed E-state index contributed by atoms with van der Waals surface area (Å²) in [6, 6.07) is 13.8. The predicted molar refractivity (Wildman–Crippen MR) is 102 cm³/mol. The van der Waals surface area contributed by atoms with Gasteiger partial charge in [-0.2, -0.15) is 0 Å². The normalized spacial score (nSPS) is 11.7. The minimum Gasteiger partial charge on any atom is -0.486 e. The summed E-state index contributed by atoms with van der Waals surface area (Å²) in [5.74, 6) is 0.642. The third-order valence-corrected chi connectivity index (χ3v) is 4.42. The van der Waals surface area contributed by atoms with Crippen LogP contribution < -0.4 is 4.74 Å². The van der Waals surface area contributed by atoms with Crippen LogP contribution in [0.15, 0.2) is 59.3 Å². The fourth-order valence-corrected chi connectivity index (χ4v) is 2.62. The molecule has 144 valence electrons. The molecule has 7 heteroatoms. The fraction of sp³-hybridized carbons (Fsp3) is 0.238. The molecule has 0 N–H and O–H groups in total. The standard InChI is InChI=1S/C21H21N3O4/c1-14(19-9-4-5-10-22-19)24(3)21(26)20-12-18(28-23-20)13-27-17-8-6-7-16(11-17)15(2)25/h4-12,14H,13H2,1-3H3/t14-/m1/s1. The molecule has 2 heterocycles. The molecule has 1 aromatic carbocycles. The van der Waals surface area contributed by atoms with Gasteiger partial charge in [-0.15, -0.1) is 0 Å². The van der Waals surface area contributed by atoms with Gasteiger partial charge in [0.1, 0.15) is 12.4 Å². The van der Waals surface area contributed by atoms with E-state index in [0.717, 1.165) is 5.69 Å². The molecule has 3 aromatic rings. The van der Waals surface area contributed by atoms with Gasteiger partial charge >= 0.3 is 0 Å². The molecule has 0 bridgehead atoms. The number of ketones is 1. The SMILES string of the molecule is CC(=O)c1cccc(OCc2cc(C(=O)N(C)[C@H](C)c3ccccn3)no2)c1. The zero-order valence-electron chi connectivity index (χ0n) is 16.0. The number of ether oxygens (including phenoxy) is 1. The number of carbonyl (C=O) groups excluding carboxylic acids is 2. The smallest absolute Gasteiger partial charge is 0.276 e. The first-order valence-corrected chi connectivity index (χ1v) is 8.83. The van der Waals surface area contributed by atoms with Crippen molar-refractivity contribution in [1.29, 1.82) is 0 Å². The molecule has 7 nitrogen and oxygen atoms in total. The number of nitrogens with zero attached hydrogens (tertiary/aromatic N) is 3. The van der Waals surface area contributed by atoms with E-state index < -0.39 is 0 Å². The Morgan fingerprint density at radius 2 is 2.00 bits per heavy atom. The average Bonchev–Trinajstić information content (AvgIpc) is 3.20. The van der Waals surface area contributed by atoms with Gasteiger partial charge in [-0.05, 0) is 38.1 Å². The molecule has 0 aliphatic heterocycles. The van der Waals surface area contributed by atoms with Gasteiger partial charge in [0.15, 0.2) is 17.2 Å². The zero-order chi connectivity index (χ0) is 20.1. The maximum absolute atomic E-state index is 12.7. The first kappa shape index (κ1) is 19.3. The van der Waals surface area contributed by atoms with Crippen LogP contribution >= 0.6 is 0 Å². The summed E-state index contributed by atoms with van der Waals surface area (Å²) in [5, 5.41) is 3.85. The number of aromatic nitrogens is 2. The summed E-state index contributed by atoms with van der Waals surface area (Å²) in [7, 11) is 1.69. The van der Waals surface area contributed by atoms with E-state index in [1.807, 2.05) is 25.1 Å². The molecule has 1 atom stereocenters. The van der Waals surface area contributed by atoms with Crippen molar-refractivity contribution in [3.63, 3.8) is 0 Å². The lowest BCUT2D eigenvalue weighted by atomic mass is 10.1. The van der Waals surface area contributed by atoms with E-state index in [0.29, 0.717) is 17.1 Å². The lowest BCUT2D eigenvalue weighted by Crippen LogP contribution is -2.30. The van der Waals surface area contributed by atoms with Crippen molar-refractivity contribution in [2.75, 3.05) is 7.05 Å². The number of amides is 1.